The van der Waals surface area contributed by atoms with E-state index in [1.54, 1.807) is 0 Å². The molecule has 0 radical (unpaired) electrons. The maximum absolute atomic E-state index is 5.01. The van der Waals surface area contributed by atoms with E-state index in [1.807, 2.05) is 6.20 Å². The van der Waals surface area contributed by atoms with Crippen molar-refractivity contribution in [2.75, 3.05) is 23.5 Å². The molecule has 3 heterocycles. The van der Waals surface area contributed by atoms with Crippen molar-refractivity contribution < 1.29 is 0 Å². The van der Waals surface area contributed by atoms with Crippen molar-refractivity contribution in [1.82, 2.24) is 9.55 Å². The summed E-state index contributed by atoms with van der Waals surface area (Å²) in [5, 5.41) is 2.43. The summed E-state index contributed by atoms with van der Waals surface area (Å²) in [5.74, 6) is 0.930. The normalized spacial score (nSPS) is 13.5. The Balaban J connectivity index is 1.31. The fraction of sp³-hybridized carbons (Fsp3) is 0.212. The predicted octanol–water partition coefficient (Wildman–Crippen LogP) is 12.7. The molecule has 0 unspecified atom stereocenters. The molecular weight excluding hydrogens is 681 g/mol. The van der Waals surface area contributed by atoms with Crippen LogP contribution in [0.1, 0.15) is 74.9 Å². The first-order valence-electron chi connectivity index (χ1n) is 19.8. The summed E-state index contributed by atoms with van der Waals surface area (Å²) in [6.45, 7) is 14.4. The second-order valence-electron chi connectivity index (χ2n) is 17.5. The van der Waals surface area contributed by atoms with Crippen molar-refractivity contribution in [2.45, 2.75) is 57.8 Å². The summed E-state index contributed by atoms with van der Waals surface area (Å²) in [6, 6.07) is 58.6. The summed E-state index contributed by atoms with van der Waals surface area (Å²) in [4.78, 5) is 9.84. The zero-order valence-electron chi connectivity index (χ0n) is 33.6. The van der Waals surface area contributed by atoms with Crippen molar-refractivity contribution in [1.29, 1.82) is 0 Å². The number of aromatic nitrogens is 2. The molecule has 0 atom stereocenters. The van der Waals surface area contributed by atoms with E-state index < -0.39 is 5.41 Å². The molecule has 9 rings (SSSR count). The van der Waals surface area contributed by atoms with Crippen LogP contribution >= 0.6 is 0 Å². The molecule has 56 heavy (non-hydrogen) atoms. The van der Waals surface area contributed by atoms with Gasteiger partial charge >= 0.3 is 0 Å². The first-order valence-corrected chi connectivity index (χ1v) is 19.8. The maximum Gasteiger partial charge on any atom is 0.137 e. The van der Waals surface area contributed by atoms with E-state index >= 15 is 0 Å². The van der Waals surface area contributed by atoms with Gasteiger partial charge in [0.2, 0.25) is 0 Å². The number of benzene rings is 6. The van der Waals surface area contributed by atoms with Crippen LogP contribution in [0, 0.1) is 0 Å². The van der Waals surface area contributed by atoms with Crippen LogP contribution in [-0.2, 0) is 16.2 Å². The molecule has 8 aromatic rings. The van der Waals surface area contributed by atoms with Crippen LogP contribution in [0.5, 0.6) is 0 Å². The molecule has 1 aliphatic rings. The number of pyridine rings is 1. The second-order valence-corrected chi connectivity index (χ2v) is 17.5. The first-order chi connectivity index (χ1) is 26.9. The Morgan fingerprint density at radius 3 is 1.75 bits per heavy atom. The molecule has 0 saturated carbocycles. The van der Waals surface area contributed by atoms with Crippen molar-refractivity contribution in [3.63, 3.8) is 0 Å². The zero-order chi connectivity index (χ0) is 38.8. The summed E-state index contributed by atoms with van der Waals surface area (Å²) in [7, 11) is 2.20. The van der Waals surface area contributed by atoms with Crippen LogP contribution in [0.15, 0.2) is 164 Å². The van der Waals surface area contributed by atoms with Crippen LogP contribution in [-0.4, -0.2) is 23.3 Å². The highest BCUT2D eigenvalue weighted by Gasteiger charge is 2.40. The third-order valence-corrected chi connectivity index (χ3v) is 11.8. The number of rotatable bonds is 6. The molecule has 0 aliphatic carbocycles. The van der Waals surface area contributed by atoms with Crippen molar-refractivity contribution in [3.8, 4) is 5.82 Å². The van der Waals surface area contributed by atoms with Gasteiger partial charge in [-0.25, -0.2) is 4.98 Å². The number of hydrogen-bond acceptors (Lipinski definition) is 3. The molecule has 2 aromatic heterocycles. The molecule has 278 valence electrons. The zero-order valence-corrected chi connectivity index (χ0v) is 33.6. The average Bonchev–Trinajstić information content (AvgIpc) is 3.72. The summed E-state index contributed by atoms with van der Waals surface area (Å²) in [5.41, 5.74) is 12.8. The lowest BCUT2D eigenvalue weighted by Crippen LogP contribution is -2.31. The van der Waals surface area contributed by atoms with Gasteiger partial charge in [-0.1, -0.05) is 151 Å². The van der Waals surface area contributed by atoms with Crippen molar-refractivity contribution in [3.05, 3.63) is 197 Å². The average molecular weight is 731 g/mol. The van der Waals surface area contributed by atoms with Crippen LogP contribution in [0.3, 0.4) is 0 Å². The molecule has 0 saturated heterocycles. The predicted molar refractivity (Wildman–Crippen MR) is 236 cm³/mol. The Morgan fingerprint density at radius 1 is 0.464 bits per heavy atom. The quantitative estimate of drug-likeness (QED) is 0.159. The number of hydrogen-bond donors (Lipinski definition) is 0. The standard InChI is InChI=1S/C52H50N4/c1-50(2,3)38-26-28-46-48(32-38)54(7)35-55(46)42-22-16-21-40(31-42)52(36-17-10-8-11-18-36,37-19-12-9-13-20-37)41-25-27-44-43-23-14-15-24-45(43)56(47(44)33-41)49-34-39(29-30-53-49)51(4,5)6/h8-34H,35H2,1-7H3. The Bertz CT molecular complexity index is 2670. The van der Waals surface area contributed by atoms with E-state index in [0.717, 1.165) is 23.5 Å². The molecule has 0 bridgehead atoms. The Labute approximate surface area is 331 Å². The molecule has 1 aliphatic heterocycles. The van der Waals surface area contributed by atoms with Crippen LogP contribution < -0.4 is 9.80 Å². The highest BCUT2D eigenvalue weighted by atomic mass is 15.4. The lowest BCUT2D eigenvalue weighted by Gasteiger charge is -2.37. The minimum Gasteiger partial charge on any atom is -0.355 e. The van der Waals surface area contributed by atoms with Crippen LogP contribution in [0.2, 0.25) is 0 Å². The van der Waals surface area contributed by atoms with Gasteiger partial charge in [0.1, 0.15) is 5.82 Å². The van der Waals surface area contributed by atoms with Gasteiger partial charge in [0.05, 0.1) is 34.5 Å². The largest absolute Gasteiger partial charge is 0.355 e. The monoisotopic (exact) mass is 730 g/mol. The van der Waals surface area contributed by atoms with Crippen molar-refractivity contribution >= 4 is 38.9 Å². The molecule has 0 amide bonds. The Hall–Kier alpha value is -6.13. The van der Waals surface area contributed by atoms with Gasteiger partial charge in [0, 0.05) is 29.7 Å². The van der Waals surface area contributed by atoms with E-state index in [-0.39, 0.29) is 10.8 Å². The fourth-order valence-corrected chi connectivity index (χ4v) is 8.85. The van der Waals surface area contributed by atoms with E-state index in [0.29, 0.717) is 0 Å². The number of fused-ring (bicyclic) bond motifs is 4. The van der Waals surface area contributed by atoms with E-state index in [4.69, 9.17) is 4.98 Å². The maximum atomic E-state index is 5.01. The van der Waals surface area contributed by atoms with Gasteiger partial charge in [0.15, 0.2) is 0 Å². The molecule has 0 spiro atoms. The SMILES string of the molecule is CN1CN(c2cccc(C(c3ccccc3)(c3ccccc3)c3ccc4c5ccccc5n(-c5cc(C(C)(C)C)ccn5)c4c3)c2)c2ccc(C(C)(C)C)cc21. The third-order valence-electron chi connectivity index (χ3n) is 11.8. The number of nitrogens with zero attached hydrogens (tertiary/aromatic N) is 4. The van der Waals surface area contributed by atoms with E-state index in [9.17, 15) is 0 Å². The van der Waals surface area contributed by atoms with Crippen LogP contribution in [0.4, 0.5) is 17.1 Å². The highest BCUT2D eigenvalue weighted by molar-refractivity contribution is 6.09. The first kappa shape index (κ1) is 35.6. The fourth-order valence-electron chi connectivity index (χ4n) is 8.85. The minimum atomic E-state index is -0.640. The van der Waals surface area contributed by atoms with Gasteiger partial charge in [-0.15, -0.1) is 0 Å². The molecule has 4 heteroatoms. The van der Waals surface area contributed by atoms with Gasteiger partial charge in [-0.05, 0) is 92.7 Å². The molecule has 0 N–H and O–H groups in total. The summed E-state index contributed by atoms with van der Waals surface area (Å²) >= 11 is 0. The van der Waals surface area contributed by atoms with E-state index in [1.165, 1.54) is 61.2 Å². The minimum absolute atomic E-state index is 0.0120. The van der Waals surface area contributed by atoms with Crippen molar-refractivity contribution in [2.24, 2.45) is 0 Å². The van der Waals surface area contributed by atoms with Crippen LogP contribution in [0.25, 0.3) is 27.6 Å². The van der Waals surface area contributed by atoms with Gasteiger partial charge in [-0.3, -0.25) is 4.57 Å². The Morgan fingerprint density at radius 2 is 1.05 bits per heavy atom. The molecule has 4 nitrogen and oxygen atoms in total. The third kappa shape index (κ3) is 5.78. The Kier molecular flexibility index (Phi) is 8.43. The topological polar surface area (TPSA) is 24.3 Å². The molecular formula is C52H50N4. The number of anilines is 3. The highest BCUT2D eigenvalue weighted by Crippen LogP contribution is 2.49. The summed E-state index contributed by atoms with van der Waals surface area (Å²) in [6.07, 6.45) is 1.96. The smallest absolute Gasteiger partial charge is 0.137 e. The lowest BCUT2D eigenvalue weighted by atomic mass is 9.65. The molecule has 6 aromatic carbocycles. The molecule has 0 fully saturated rings. The van der Waals surface area contributed by atoms with Gasteiger partial charge in [0.25, 0.3) is 0 Å². The van der Waals surface area contributed by atoms with E-state index in [2.05, 4.69) is 221 Å². The summed E-state index contributed by atoms with van der Waals surface area (Å²) < 4.78 is 2.36. The van der Waals surface area contributed by atoms with Gasteiger partial charge < -0.3 is 9.80 Å². The lowest BCUT2D eigenvalue weighted by molar-refractivity contribution is 0.588. The second kappa shape index (κ2) is 13.3. The van der Waals surface area contributed by atoms with Gasteiger partial charge in [-0.2, -0.15) is 0 Å². The number of para-hydroxylation sites is 1.